The van der Waals surface area contributed by atoms with Gasteiger partial charge in [0.1, 0.15) is 19.0 Å². The Morgan fingerprint density at radius 2 is 2.14 bits per heavy atom. The molecule has 0 fully saturated rings. The first-order valence-corrected chi connectivity index (χ1v) is 9.26. The number of carbonyl (C=O) groups is 1. The lowest BCUT2D eigenvalue weighted by molar-refractivity contribution is -0.114. The fourth-order valence-electron chi connectivity index (χ4n) is 3.62. The van der Waals surface area contributed by atoms with Crippen molar-refractivity contribution in [3.63, 3.8) is 0 Å². The number of ketones is 1. The first-order valence-electron chi connectivity index (χ1n) is 9.26. The third-order valence-corrected chi connectivity index (χ3v) is 5.13. The summed E-state index contributed by atoms with van der Waals surface area (Å²) in [6.07, 6.45) is 0. The van der Waals surface area contributed by atoms with E-state index in [1.165, 1.54) is 0 Å². The number of anilines is 1. The van der Waals surface area contributed by atoms with Crippen LogP contribution >= 0.6 is 0 Å². The second-order valence-electron chi connectivity index (χ2n) is 6.87. The SMILES string of the molecule is COCCOc1cc2c(cc1-c1cccc(CO)c1)N1CNN=C1C(=O)C2C. The van der Waals surface area contributed by atoms with Crippen LogP contribution in [0.25, 0.3) is 11.1 Å². The van der Waals surface area contributed by atoms with E-state index in [-0.39, 0.29) is 18.3 Å². The molecule has 0 spiro atoms. The Morgan fingerprint density at radius 1 is 1.29 bits per heavy atom. The Bertz CT molecular complexity index is 941. The van der Waals surface area contributed by atoms with Crippen LogP contribution in [0.2, 0.25) is 0 Å². The van der Waals surface area contributed by atoms with Gasteiger partial charge in [-0.1, -0.05) is 25.1 Å². The molecule has 0 aliphatic carbocycles. The highest BCUT2D eigenvalue weighted by atomic mass is 16.5. The number of aliphatic hydroxyl groups is 1. The second-order valence-corrected chi connectivity index (χ2v) is 6.87. The highest BCUT2D eigenvalue weighted by Crippen LogP contribution is 2.43. The van der Waals surface area contributed by atoms with E-state index in [1.54, 1.807) is 7.11 Å². The number of nitrogens with one attached hydrogen (secondary N) is 1. The lowest BCUT2D eigenvalue weighted by Crippen LogP contribution is -2.41. The van der Waals surface area contributed by atoms with Crippen LogP contribution in [0.5, 0.6) is 5.75 Å². The number of ether oxygens (including phenoxy) is 2. The first-order chi connectivity index (χ1) is 13.6. The van der Waals surface area contributed by atoms with E-state index in [1.807, 2.05) is 48.2 Å². The molecule has 0 saturated heterocycles. The average molecular weight is 381 g/mol. The van der Waals surface area contributed by atoms with Gasteiger partial charge in [-0.25, -0.2) is 0 Å². The van der Waals surface area contributed by atoms with E-state index in [0.717, 1.165) is 27.9 Å². The standard InChI is InChI=1S/C21H23N3O4/c1-13-16-10-19(28-7-6-27-2)17(15-5-3-4-14(8-15)11-25)9-18(16)24-12-22-23-21(24)20(13)26/h3-5,8-10,13,22,25H,6-7,11-12H2,1-2H3. The fourth-order valence-corrected chi connectivity index (χ4v) is 3.62. The highest BCUT2D eigenvalue weighted by molar-refractivity contribution is 6.47. The van der Waals surface area contributed by atoms with Gasteiger partial charge in [0, 0.05) is 18.4 Å². The van der Waals surface area contributed by atoms with Gasteiger partial charge in [-0.15, -0.1) is 0 Å². The summed E-state index contributed by atoms with van der Waals surface area (Å²) in [4.78, 5) is 14.6. The maximum Gasteiger partial charge on any atom is 0.207 e. The minimum Gasteiger partial charge on any atom is -0.491 e. The Balaban J connectivity index is 1.85. The van der Waals surface area contributed by atoms with E-state index >= 15 is 0 Å². The number of amidine groups is 1. The number of fused-ring (bicyclic) bond motifs is 3. The largest absolute Gasteiger partial charge is 0.491 e. The van der Waals surface area contributed by atoms with Crippen molar-refractivity contribution in [3.05, 3.63) is 47.5 Å². The van der Waals surface area contributed by atoms with Crippen molar-refractivity contribution < 1.29 is 19.4 Å². The van der Waals surface area contributed by atoms with Gasteiger partial charge in [0.05, 0.1) is 19.1 Å². The average Bonchev–Trinajstić information content (AvgIpc) is 3.22. The zero-order chi connectivity index (χ0) is 19.7. The first kappa shape index (κ1) is 18.5. The van der Waals surface area contributed by atoms with E-state index in [0.29, 0.717) is 31.5 Å². The van der Waals surface area contributed by atoms with Crippen molar-refractivity contribution >= 4 is 17.3 Å². The van der Waals surface area contributed by atoms with Gasteiger partial charge in [0.15, 0.2) is 5.84 Å². The molecule has 7 heteroatoms. The summed E-state index contributed by atoms with van der Waals surface area (Å²) in [6, 6.07) is 11.7. The molecule has 2 aliphatic rings. The topological polar surface area (TPSA) is 83.4 Å². The molecule has 1 unspecified atom stereocenters. The molecular formula is C21H23N3O4. The quantitative estimate of drug-likeness (QED) is 0.747. The van der Waals surface area contributed by atoms with Crippen molar-refractivity contribution in [1.82, 2.24) is 5.43 Å². The van der Waals surface area contributed by atoms with Gasteiger partial charge in [0.25, 0.3) is 0 Å². The summed E-state index contributed by atoms with van der Waals surface area (Å²) in [5.74, 6) is 0.837. The minimum atomic E-state index is -0.299. The van der Waals surface area contributed by atoms with E-state index in [9.17, 15) is 9.90 Å². The maximum absolute atomic E-state index is 12.7. The summed E-state index contributed by atoms with van der Waals surface area (Å²) in [5.41, 5.74) is 7.43. The number of benzene rings is 2. The lowest BCUT2D eigenvalue weighted by Gasteiger charge is -2.31. The van der Waals surface area contributed by atoms with Crippen LogP contribution in [0, 0.1) is 0 Å². The van der Waals surface area contributed by atoms with Gasteiger partial charge >= 0.3 is 0 Å². The number of carbonyl (C=O) groups excluding carboxylic acids is 1. The molecule has 0 radical (unpaired) electrons. The predicted octanol–water partition coefficient (Wildman–Crippen LogP) is 2.24. The zero-order valence-electron chi connectivity index (χ0n) is 15.9. The molecule has 0 amide bonds. The summed E-state index contributed by atoms with van der Waals surface area (Å²) >= 11 is 0. The van der Waals surface area contributed by atoms with Gasteiger partial charge in [0.2, 0.25) is 5.78 Å². The maximum atomic E-state index is 12.7. The van der Waals surface area contributed by atoms with Crippen molar-refractivity contribution in [2.24, 2.45) is 5.10 Å². The molecule has 0 saturated carbocycles. The van der Waals surface area contributed by atoms with E-state index in [4.69, 9.17) is 9.47 Å². The fraction of sp³-hybridized carbons (Fsp3) is 0.333. The van der Waals surface area contributed by atoms with Gasteiger partial charge < -0.3 is 19.5 Å². The summed E-state index contributed by atoms with van der Waals surface area (Å²) in [5, 5.41) is 13.7. The lowest BCUT2D eigenvalue weighted by atomic mass is 9.87. The molecule has 146 valence electrons. The van der Waals surface area contributed by atoms with Crippen LogP contribution in [0.15, 0.2) is 41.5 Å². The van der Waals surface area contributed by atoms with Crippen LogP contribution in [0.4, 0.5) is 5.69 Å². The molecule has 0 bridgehead atoms. The number of methoxy groups -OCH3 is 1. The molecule has 7 nitrogen and oxygen atoms in total. The van der Waals surface area contributed by atoms with E-state index < -0.39 is 0 Å². The van der Waals surface area contributed by atoms with Crippen molar-refractivity contribution in [3.8, 4) is 16.9 Å². The van der Waals surface area contributed by atoms with Crippen LogP contribution in [-0.2, 0) is 16.1 Å². The number of hydrogen-bond acceptors (Lipinski definition) is 7. The molecule has 2 heterocycles. The number of hydrogen-bond donors (Lipinski definition) is 2. The Kier molecular flexibility index (Phi) is 5.02. The Morgan fingerprint density at radius 3 is 2.93 bits per heavy atom. The normalized spacial score (nSPS) is 17.7. The molecule has 2 aromatic carbocycles. The van der Waals surface area contributed by atoms with Gasteiger partial charge in [-0.2, -0.15) is 5.10 Å². The van der Waals surface area contributed by atoms with Crippen LogP contribution in [0.1, 0.15) is 24.0 Å². The monoisotopic (exact) mass is 381 g/mol. The number of Topliss-reactive ketones (excluding diaryl/α,β-unsaturated/α-hetero) is 1. The van der Waals surface area contributed by atoms with Crippen LogP contribution in [0.3, 0.4) is 0 Å². The van der Waals surface area contributed by atoms with E-state index in [2.05, 4.69) is 10.5 Å². The van der Waals surface area contributed by atoms with Gasteiger partial charge in [-0.3, -0.25) is 10.2 Å². The van der Waals surface area contributed by atoms with Crippen molar-refractivity contribution in [1.29, 1.82) is 0 Å². The molecule has 2 aromatic rings. The smallest absolute Gasteiger partial charge is 0.207 e. The highest BCUT2D eigenvalue weighted by Gasteiger charge is 2.38. The summed E-state index contributed by atoms with van der Waals surface area (Å²) < 4.78 is 11.1. The zero-order valence-corrected chi connectivity index (χ0v) is 15.9. The third kappa shape index (κ3) is 3.12. The number of aliphatic hydroxyl groups excluding tert-OH is 1. The van der Waals surface area contributed by atoms with Gasteiger partial charge in [-0.05, 0) is 34.9 Å². The summed E-state index contributed by atoms with van der Waals surface area (Å²) in [7, 11) is 1.63. The Labute approximate surface area is 163 Å². The van der Waals surface area contributed by atoms with Crippen LogP contribution < -0.4 is 15.1 Å². The van der Waals surface area contributed by atoms with Crippen molar-refractivity contribution in [2.75, 3.05) is 31.9 Å². The Hall–Kier alpha value is -2.90. The molecule has 1 atom stereocenters. The minimum absolute atomic E-state index is 0.00429. The molecule has 2 aliphatic heterocycles. The molecular weight excluding hydrogens is 358 g/mol. The molecule has 28 heavy (non-hydrogen) atoms. The van der Waals surface area contributed by atoms with Crippen molar-refractivity contribution in [2.45, 2.75) is 19.4 Å². The number of hydrazone groups is 1. The second kappa shape index (κ2) is 7.61. The third-order valence-electron chi connectivity index (χ3n) is 5.13. The molecule has 0 aromatic heterocycles. The molecule has 4 rings (SSSR count). The molecule has 2 N–H and O–H groups in total. The summed E-state index contributed by atoms with van der Waals surface area (Å²) in [6.45, 7) is 3.19. The number of nitrogens with zero attached hydrogens (tertiary/aromatic N) is 2. The predicted molar refractivity (Wildman–Crippen MR) is 107 cm³/mol. The number of rotatable bonds is 6. The van der Waals surface area contributed by atoms with Crippen LogP contribution in [-0.4, -0.2) is 43.7 Å².